The molecular weight excluding hydrogens is 216 g/mol. The molecule has 0 aromatic rings. The van der Waals surface area contributed by atoms with Crippen molar-refractivity contribution in [2.45, 2.75) is 56.4 Å². The fourth-order valence-corrected chi connectivity index (χ4v) is 3.88. The molecule has 1 aliphatic carbocycles. The molecule has 0 aromatic heterocycles. The zero-order valence-electron chi connectivity index (χ0n) is 11.0. The van der Waals surface area contributed by atoms with Crippen LogP contribution in [0, 0.1) is 0 Å². The maximum Gasteiger partial charge on any atom is 0.0278 e. The maximum absolute atomic E-state index is 3.68. The van der Waals surface area contributed by atoms with Crippen LogP contribution in [0.1, 0.15) is 39.5 Å². The van der Waals surface area contributed by atoms with Crippen molar-refractivity contribution in [3.8, 4) is 0 Å². The number of hydrogen-bond acceptors (Lipinski definition) is 3. The first-order valence-corrected chi connectivity index (χ1v) is 7.97. The van der Waals surface area contributed by atoms with E-state index in [4.69, 9.17) is 0 Å². The van der Waals surface area contributed by atoms with Gasteiger partial charge in [-0.3, -0.25) is 4.90 Å². The molecule has 1 N–H and O–H groups in total. The quantitative estimate of drug-likeness (QED) is 0.818. The molecule has 0 spiro atoms. The van der Waals surface area contributed by atoms with Crippen LogP contribution < -0.4 is 5.32 Å². The highest BCUT2D eigenvalue weighted by Crippen LogP contribution is 2.32. The topological polar surface area (TPSA) is 15.3 Å². The lowest BCUT2D eigenvalue weighted by Crippen LogP contribution is -2.60. The highest BCUT2D eigenvalue weighted by atomic mass is 32.2. The van der Waals surface area contributed by atoms with Crippen molar-refractivity contribution >= 4 is 11.8 Å². The second-order valence-electron chi connectivity index (χ2n) is 5.64. The van der Waals surface area contributed by atoms with Gasteiger partial charge in [0.15, 0.2) is 0 Å². The maximum atomic E-state index is 3.68. The van der Waals surface area contributed by atoms with Gasteiger partial charge in [0.1, 0.15) is 0 Å². The molecule has 2 nitrogen and oxygen atoms in total. The Morgan fingerprint density at radius 3 is 2.88 bits per heavy atom. The normalized spacial score (nSPS) is 41.4. The molecule has 2 rings (SSSR count). The summed E-state index contributed by atoms with van der Waals surface area (Å²) < 4.78 is 0. The lowest BCUT2D eigenvalue weighted by molar-refractivity contribution is 0.0999. The standard InChI is InChI=1S/C13H26N2S/c1-4-13(2)10-15(8-7-14-13)11-5-6-12(9-11)16-3/h11-12,14H,4-10H2,1-3H3. The molecule has 1 saturated carbocycles. The van der Waals surface area contributed by atoms with E-state index in [0.29, 0.717) is 5.54 Å². The van der Waals surface area contributed by atoms with Crippen LogP contribution in [0.25, 0.3) is 0 Å². The molecule has 0 bridgehead atoms. The van der Waals surface area contributed by atoms with E-state index in [2.05, 4.69) is 42.1 Å². The summed E-state index contributed by atoms with van der Waals surface area (Å²) in [5.41, 5.74) is 0.357. The molecule has 94 valence electrons. The SMILES string of the molecule is CCC1(C)CN(C2CCC(SC)C2)CCN1. The van der Waals surface area contributed by atoms with Gasteiger partial charge in [0.2, 0.25) is 0 Å². The minimum atomic E-state index is 0.357. The van der Waals surface area contributed by atoms with E-state index in [1.165, 1.54) is 45.3 Å². The summed E-state index contributed by atoms with van der Waals surface area (Å²) in [5, 5.41) is 4.60. The van der Waals surface area contributed by atoms with E-state index in [-0.39, 0.29) is 0 Å². The third-order valence-electron chi connectivity index (χ3n) is 4.49. The van der Waals surface area contributed by atoms with E-state index in [9.17, 15) is 0 Å². The molecule has 2 aliphatic rings. The monoisotopic (exact) mass is 242 g/mol. The van der Waals surface area contributed by atoms with Crippen molar-refractivity contribution in [2.75, 3.05) is 25.9 Å². The van der Waals surface area contributed by atoms with Gasteiger partial charge in [-0.2, -0.15) is 11.8 Å². The first-order chi connectivity index (χ1) is 7.67. The summed E-state index contributed by atoms with van der Waals surface area (Å²) in [7, 11) is 0. The first kappa shape index (κ1) is 12.7. The van der Waals surface area contributed by atoms with Crippen molar-refractivity contribution in [1.29, 1.82) is 0 Å². The van der Waals surface area contributed by atoms with E-state index in [1.54, 1.807) is 0 Å². The molecule has 16 heavy (non-hydrogen) atoms. The predicted molar refractivity (Wildman–Crippen MR) is 73.2 cm³/mol. The van der Waals surface area contributed by atoms with Crippen molar-refractivity contribution in [3.63, 3.8) is 0 Å². The zero-order chi connectivity index (χ0) is 11.6. The molecular formula is C13H26N2S. The molecule has 2 fully saturated rings. The fraction of sp³-hybridized carbons (Fsp3) is 1.00. The summed E-state index contributed by atoms with van der Waals surface area (Å²) >= 11 is 2.06. The number of piperazine rings is 1. The van der Waals surface area contributed by atoms with Crippen LogP contribution in [0.15, 0.2) is 0 Å². The second-order valence-corrected chi connectivity index (χ2v) is 6.77. The van der Waals surface area contributed by atoms with Crippen LogP contribution in [0.3, 0.4) is 0 Å². The Kier molecular flexibility index (Phi) is 4.20. The van der Waals surface area contributed by atoms with Gasteiger partial charge in [0.25, 0.3) is 0 Å². The van der Waals surface area contributed by atoms with Crippen molar-refractivity contribution in [1.82, 2.24) is 10.2 Å². The average Bonchev–Trinajstić information content (AvgIpc) is 2.78. The number of nitrogens with zero attached hydrogens (tertiary/aromatic N) is 1. The van der Waals surface area contributed by atoms with E-state index in [1.807, 2.05) is 0 Å². The third kappa shape index (κ3) is 2.74. The summed E-state index contributed by atoms with van der Waals surface area (Å²) in [5.74, 6) is 0. The van der Waals surface area contributed by atoms with Gasteiger partial charge in [0, 0.05) is 36.5 Å². The van der Waals surface area contributed by atoms with Gasteiger partial charge in [0.05, 0.1) is 0 Å². The summed E-state index contributed by atoms with van der Waals surface area (Å²) in [6.07, 6.45) is 7.77. The van der Waals surface area contributed by atoms with Crippen LogP contribution >= 0.6 is 11.8 Å². The highest BCUT2D eigenvalue weighted by molar-refractivity contribution is 7.99. The molecule has 0 amide bonds. The van der Waals surface area contributed by atoms with E-state index < -0.39 is 0 Å². The van der Waals surface area contributed by atoms with Gasteiger partial charge >= 0.3 is 0 Å². The number of hydrogen-bond donors (Lipinski definition) is 1. The van der Waals surface area contributed by atoms with Crippen molar-refractivity contribution in [2.24, 2.45) is 0 Å². The minimum Gasteiger partial charge on any atom is -0.309 e. The van der Waals surface area contributed by atoms with Crippen molar-refractivity contribution < 1.29 is 0 Å². The smallest absolute Gasteiger partial charge is 0.0278 e. The summed E-state index contributed by atoms with van der Waals surface area (Å²) in [6.45, 7) is 8.34. The van der Waals surface area contributed by atoms with Crippen LogP contribution in [0.5, 0.6) is 0 Å². The zero-order valence-corrected chi connectivity index (χ0v) is 11.8. The second kappa shape index (κ2) is 5.28. The van der Waals surface area contributed by atoms with Gasteiger partial charge in [-0.25, -0.2) is 0 Å². The predicted octanol–water partition coefficient (Wildman–Crippen LogP) is 2.34. The fourth-order valence-electron chi connectivity index (χ4n) is 3.10. The van der Waals surface area contributed by atoms with Gasteiger partial charge in [-0.05, 0) is 38.9 Å². The highest BCUT2D eigenvalue weighted by Gasteiger charge is 2.35. The summed E-state index contributed by atoms with van der Waals surface area (Å²) in [4.78, 5) is 2.75. The largest absolute Gasteiger partial charge is 0.309 e. The Morgan fingerprint density at radius 1 is 1.44 bits per heavy atom. The average molecular weight is 242 g/mol. The van der Waals surface area contributed by atoms with Crippen LogP contribution in [0.4, 0.5) is 0 Å². The molecule has 3 heteroatoms. The lowest BCUT2D eigenvalue weighted by Gasteiger charge is -2.43. The van der Waals surface area contributed by atoms with Crippen molar-refractivity contribution in [3.05, 3.63) is 0 Å². The van der Waals surface area contributed by atoms with Crippen LogP contribution in [-0.2, 0) is 0 Å². The molecule has 0 radical (unpaired) electrons. The molecule has 3 atom stereocenters. The molecule has 1 aliphatic heterocycles. The Morgan fingerprint density at radius 2 is 2.25 bits per heavy atom. The Labute approximate surface area is 105 Å². The third-order valence-corrected chi connectivity index (χ3v) is 5.58. The molecule has 1 saturated heterocycles. The molecule has 3 unspecified atom stereocenters. The first-order valence-electron chi connectivity index (χ1n) is 6.69. The number of thioether (sulfide) groups is 1. The summed E-state index contributed by atoms with van der Waals surface area (Å²) in [6, 6.07) is 0.866. The van der Waals surface area contributed by atoms with E-state index in [0.717, 1.165) is 11.3 Å². The Balaban J connectivity index is 1.90. The number of nitrogens with one attached hydrogen (secondary N) is 1. The van der Waals surface area contributed by atoms with E-state index >= 15 is 0 Å². The van der Waals surface area contributed by atoms with Crippen LogP contribution in [0.2, 0.25) is 0 Å². The molecule has 1 heterocycles. The van der Waals surface area contributed by atoms with Gasteiger partial charge in [-0.1, -0.05) is 6.92 Å². The Bertz CT molecular complexity index is 234. The molecule has 0 aromatic carbocycles. The van der Waals surface area contributed by atoms with Gasteiger partial charge < -0.3 is 5.32 Å². The lowest BCUT2D eigenvalue weighted by atomic mass is 9.94. The number of rotatable bonds is 3. The Hall–Kier alpha value is 0.270. The van der Waals surface area contributed by atoms with Crippen LogP contribution in [-0.4, -0.2) is 47.6 Å². The minimum absolute atomic E-state index is 0.357. The van der Waals surface area contributed by atoms with Gasteiger partial charge in [-0.15, -0.1) is 0 Å².